The fourth-order valence-electron chi connectivity index (χ4n) is 4.63. The van der Waals surface area contributed by atoms with Crippen LogP contribution in [0.15, 0.2) is 43.0 Å². The van der Waals surface area contributed by atoms with Gasteiger partial charge in [0.25, 0.3) is 5.88 Å². The van der Waals surface area contributed by atoms with Gasteiger partial charge in [0.1, 0.15) is 23.4 Å². The number of anilines is 1. The lowest BCUT2D eigenvalue weighted by Crippen LogP contribution is -2.27. The summed E-state index contributed by atoms with van der Waals surface area (Å²) in [5, 5.41) is 8.71. The van der Waals surface area contributed by atoms with Gasteiger partial charge < -0.3 is 10.1 Å². The molecule has 4 aromatic rings. The van der Waals surface area contributed by atoms with Crippen LogP contribution >= 0.6 is 0 Å². The van der Waals surface area contributed by atoms with Crippen molar-refractivity contribution in [2.45, 2.75) is 50.9 Å². The minimum absolute atomic E-state index is 0.0613. The maximum absolute atomic E-state index is 14.4. The number of nitrogens with zero attached hydrogens (tertiary/aromatic N) is 5. The smallest absolute Gasteiger partial charge is 0.419 e. The predicted molar refractivity (Wildman–Crippen MR) is 126 cm³/mol. The molecule has 1 saturated carbocycles. The van der Waals surface area contributed by atoms with E-state index < -0.39 is 35.4 Å². The number of aromatic nitrogens is 5. The molecule has 4 heterocycles. The standard InChI is InChI=1S/C25H23F5N6O/c1-2-32-21-10-20-18(13-34-21)23(14-9-15(26)12-31-11-14)35-36(20)16-3-5-17(6-4-16)37-24-22(27)19(7-8-33-24)25(28,29)30/h7-13,16-17H,2-6H2,1H3,(H,32,34)/t16-,17+. The van der Waals surface area contributed by atoms with Crippen LogP contribution in [0.4, 0.5) is 27.8 Å². The van der Waals surface area contributed by atoms with Crippen LogP contribution in [0.2, 0.25) is 0 Å². The Labute approximate surface area is 208 Å². The molecule has 0 aromatic carbocycles. The molecule has 37 heavy (non-hydrogen) atoms. The second kappa shape index (κ2) is 9.91. The molecule has 0 atom stereocenters. The van der Waals surface area contributed by atoms with Crippen LogP contribution in [-0.2, 0) is 6.18 Å². The molecule has 0 aliphatic heterocycles. The molecule has 7 nitrogen and oxygen atoms in total. The van der Waals surface area contributed by atoms with Gasteiger partial charge in [-0.15, -0.1) is 0 Å². The van der Waals surface area contributed by atoms with Crippen molar-refractivity contribution < 1.29 is 26.7 Å². The maximum atomic E-state index is 14.4. The SMILES string of the molecule is CCNc1cc2c(cn1)c(-c1cncc(F)c1)nn2[C@H]1CC[C@@H](Oc2nccc(C(F)(F)F)c2F)CC1. The maximum Gasteiger partial charge on any atom is 0.419 e. The van der Waals surface area contributed by atoms with Gasteiger partial charge in [0.15, 0.2) is 5.82 Å². The monoisotopic (exact) mass is 518 g/mol. The third-order valence-corrected chi connectivity index (χ3v) is 6.36. The van der Waals surface area contributed by atoms with Gasteiger partial charge >= 0.3 is 6.18 Å². The molecule has 0 spiro atoms. The van der Waals surface area contributed by atoms with Crippen LogP contribution in [0.3, 0.4) is 0 Å². The van der Waals surface area contributed by atoms with Gasteiger partial charge in [0.2, 0.25) is 0 Å². The van der Waals surface area contributed by atoms with E-state index in [0.717, 1.165) is 23.3 Å². The van der Waals surface area contributed by atoms with Crippen molar-refractivity contribution in [2.75, 3.05) is 11.9 Å². The second-order valence-corrected chi connectivity index (χ2v) is 8.83. The Hall–Kier alpha value is -3.83. The summed E-state index contributed by atoms with van der Waals surface area (Å²) in [7, 11) is 0. The zero-order valence-corrected chi connectivity index (χ0v) is 19.8. The molecule has 1 N–H and O–H groups in total. The van der Waals surface area contributed by atoms with E-state index in [4.69, 9.17) is 9.84 Å². The summed E-state index contributed by atoms with van der Waals surface area (Å²) in [6.45, 7) is 2.63. The molecule has 0 unspecified atom stereocenters. The lowest BCUT2D eigenvalue weighted by Gasteiger charge is -2.29. The topological polar surface area (TPSA) is 77.8 Å². The third kappa shape index (κ3) is 5.05. The highest BCUT2D eigenvalue weighted by Crippen LogP contribution is 2.38. The fraction of sp³-hybridized carbons (Fsp3) is 0.360. The number of hydrogen-bond donors (Lipinski definition) is 1. The predicted octanol–water partition coefficient (Wildman–Crippen LogP) is 6.18. The van der Waals surface area contributed by atoms with E-state index in [2.05, 4.69) is 20.3 Å². The molecule has 0 bridgehead atoms. The van der Waals surface area contributed by atoms with E-state index in [1.54, 1.807) is 6.20 Å². The van der Waals surface area contributed by atoms with Crippen LogP contribution in [-0.4, -0.2) is 37.4 Å². The highest BCUT2D eigenvalue weighted by Gasteiger charge is 2.36. The Kier molecular flexibility index (Phi) is 6.65. The minimum Gasteiger partial charge on any atom is -0.472 e. The normalized spacial score (nSPS) is 18.2. The number of hydrogen-bond acceptors (Lipinski definition) is 6. The first-order chi connectivity index (χ1) is 17.7. The van der Waals surface area contributed by atoms with E-state index in [-0.39, 0.29) is 6.04 Å². The Morgan fingerprint density at radius 2 is 1.84 bits per heavy atom. The van der Waals surface area contributed by atoms with Crippen LogP contribution in [0, 0.1) is 11.6 Å². The summed E-state index contributed by atoms with van der Waals surface area (Å²) in [6, 6.07) is 3.77. The number of fused-ring (bicyclic) bond motifs is 1. The molecule has 5 rings (SSSR count). The molecule has 0 amide bonds. The van der Waals surface area contributed by atoms with E-state index >= 15 is 0 Å². The average Bonchev–Trinajstić information content (AvgIpc) is 3.24. The van der Waals surface area contributed by atoms with Crippen molar-refractivity contribution in [1.82, 2.24) is 24.7 Å². The average molecular weight is 518 g/mol. The number of halogens is 5. The Bertz CT molecular complexity index is 1410. The highest BCUT2D eigenvalue weighted by atomic mass is 19.4. The molecule has 1 aliphatic rings. The van der Waals surface area contributed by atoms with Crippen LogP contribution < -0.4 is 10.1 Å². The van der Waals surface area contributed by atoms with Crippen molar-refractivity contribution in [3.63, 3.8) is 0 Å². The van der Waals surface area contributed by atoms with Gasteiger partial charge in [-0.1, -0.05) is 0 Å². The molecule has 12 heteroatoms. The largest absolute Gasteiger partial charge is 0.472 e. The Morgan fingerprint density at radius 1 is 1.05 bits per heavy atom. The molecule has 1 fully saturated rings. The molecular weight excluding hydrogens is 495 g/mol. The van der Waals surface area contributed by atoms with E-state index in [1.165, 1.54) is 12.3 Å². The van der Waals surface area contributed by atoms with E-state index in [1.807, 2.05) is 17.7 Å². The van der Waals surface area contributed by atoms with Gasteiger partial charge in [0.05, 0.1) is 23.3 Å². The third-order valence-electron chi connectivity index (χ3n) is 6.36. The summed E-state index contributed by atoms with van der Waals surface area (Å²) in [5.41, 5.74) is 0.467. The second-order valence-electron chi connectivity index (χ2n) is 8.83. The van der Waals surface area contributed by atoms with Crippen LogP contribution in [0.25, 0.3) is 22.2 Å². The summed E-state index contributed by atoms with van der Waals surface area (Å²) >= 11 is 0. The molecule has 4 aromatic heterocycles. The quantitative estimate of drug-likeness (QED) is 0.307. The van der Waals surface area contributed by atoms with E-state index in [0.29, 0.717) is 55.4 Å². The number of pyridine rings is 3. The number of ether oxygens (including phenoxy) is 1. The van der Waals surface area contributed by atoms with E-state index in [9.17, 15) is 22.0 Å². The lowest BCUT2D eigenvalue weighted by atomic mass is 9.93. The summed E-state index contributed by atoms with van der Waals surface area (Å²) in [4.78, 5) is 12.0. The fourth-order valence-corrected chi connectivity index (χ4v) is 4.63. The molecule has 0 radical (unpaired) electrons. The molecular formula is C25H23F5N6O. The van der Waals surface area contributed by atoms with Gasteiger partial charge in [0, 0.05) is 42.2 Å². The Balaban J connectivity index is 1.40. The number of alkyl halides is 3. The van der Waals surface area contributed by atoms with Gasteiger partial charge in [-0.2, -0.15) is 18.3 Å². The first-order valence-electron chi connectivity index (χ1n) is 11.9. The van der Waals surface area contributed by atoms with Crippen molar-refractivity contribution in [3.05, 3.63) is 60.2 Å². The number of rotatable bonds is 6. The zero-order chi connectivity index (χ0) is 26.2. The summed E-state index contributed by atoms with van der Waals surface area (Å²) in [6.07, 6.45) is 2.01. The summed E-state index contributed by atoms with van der Waals surface area (Å²) in [5.74, 6) is -1.97. The van der Waals surface area contributed by atoms with Gasteiger partial charge in [-0.05, 0) is 44.7 Å². The van der Waals surface area contributed by atoms with Crippen LogP contribution in [0.5, 0.6) is 5.88 Å². The van der Waals surface area contributed by atoms with Gasteiger partial charge in [-0.3, -0.25) is 9.67 Å². The highest BCUT2D eigenvalue weighted by molar-refractivity contribution is 5.93. The molecule has 194 valence electrons. The minimum atomic E-state index is -4.83. The first-order valence-corrected chi connectivity index (χ1v) is 11.9. The van der Waals surface area contributed by atoms with Crippen LogP contribution in [0.1, 0.15) is 44.2 Å². The Morgan fingerprint density at radius 3 is 2.54 bits per heavy atom. The van der Waals surface area contributed by atoms with Gasteiger partial charge in [-0.25, -0.2) is 18.7 Å². The lowest BCUT2D eigenvalue weighted by molar-refractivity contribution is -0.140. The number of nitrogens with one attached hydrogen (secondary N) is 1. The van der Waals surface area contributed by atoms with Crippen molar-refractivity contribution in [2.24, 2.45) is 0 Å². The van der Waals surface area contributed by atoms with Crippen molar-refractivity contribution >= 4 is 16.7 Å². The molecule has 1 aliphatic carbocycles. The van der Waals surface area contributed by atoms with Crippen molar-refractivity contribution in [3.8, 4) is 17.1 Å². The zero-order valence-electron chi connectivity index (χ0n) is 19.8. The van der Waals surface area contributed by atoms with Crippen molar-refractivity contribution in [1.29, 1.82) is 0 Å². The summed E-state index contributed by atoms with van der Waals surface area (Å²) < 4.78 is 74.8. The first kappa shape index (κ1) is 24.8. The molecule has 0 saturated heterocycles.